The Morgan fingerprint density at radius 2 is 2.00 bits per heavy atom. The first-order valence-corrected chi connectivity index (χ1v) is 8.39. The Bertz CT molecular complexity index is 375. The Labute approximate surface area is 121 Å². The van der Waals surface area contributed by atoms with Gasteiger partial charge in [0.25, 0.3) is 0 Å². The van der Waals surface area contributed by atoms with E-state index in [9.17, 15) is 0 Å². The topological polar surface area (TPSA) is 12.5 Å². The minimum absolute atomic E-state index is 0.868. The molecular formula is C16H25NOS. The van der Waals surface area contributed by atoms with Crippen molar-refractivity contribution in [2.45, 2.75) is 30.7 Å². The number of thioether (sulfide) groups is 1. The van der Waals surface area contributed by atoms with E-state index in [1.165, 1.54) is 42.8 Å². The lowest BCUT2D eigenvalue weighted by Gasteiger charge is -2.32. The van der Waals surface area contributed by atoms with Gasteiger partial charge >= 0.3 is 0 Å². The van der Waals surface area contributed by atoms with Gasteiger partial charge in [-0.15, -0.1) is 11.8 Å². The molecule has 0 atom stereocenters. The summed E-state index contributed by atoms with van der Waals surface area (Å²) in [5, 5.41) is 0. The van der Waals surface area contributed by atoms with Crippen molar-refractivity contribution < 1.29 is 4.74 Å². The number of benzene rings is 1. The van der Waals surface area contributed by atoms with Gasteiger partial charge in [0.2, 0.25) is 0 Å². The molecule has 1 aromatic rings. The minimum atomic E-state index is 0.868. The predicted molar refractivity (Wildman–Crippen MR) is 82.7 cm³/mol. The summed E-state index contributed by atoms with van der Waals surface area (Å²) in [6, 6.07) is 8.78. The summed E-state index contributed by atoms with van der Waals surface area (Å²) < 4.78 is 5.18. The molecule has 1 aliphatic heterocycles. The summed E-state index contributed by atoms with van der Waals surface area (Å²) in [7, 11) is 1.80. The Morgan fingerprint density at radius 3 is 2.68 bits per heavy atom. The maximum atomic E-state index is 5.18. The molecule has 1 aliphatic rings. The molecule has 0 aliphatic carbocycles. The van der Waals surface area contributed by atoms with Crippen molar-refractivity contribution in [1.82, 2.24) is 4.90 Å². The van der Waals surface area contributed by atoms with Gasteiger partial charge in [0.1, 0.15) is 0 Å². The van der Waals surface area contributed by atoms with Gasteiger partial charge in [-0.3, -0.25) is 4.90 Å². The number of hydrogen-bond donors (Lipinski definition) is 0. The van der Waals surface area contributed by atoms with Gasteiger partial charge < -0.3 is 4.74 Å². The number of hydrogen-bond acceptors (Lipinski definition) is 3. The molecule has 1 aromatic carbocycles. The fourth-order valence-corrected chi connectivity index (χ4v) is 3.40. The van der Waals surface area contributed by atoms with Crippen LogP contribution in [0, 0.1) is 5.92 Å². The summed E-state index contributed by atoms with van der Waals surface area (Å²) >= 11 is 1.85. The first-order chi connectivity index (χ1) is 9.33. The van der Waals surface area contributed by atoms with Crippen LogP contribution >= 0.6 is 11.8 Å². The second-order valence-electron chi connectivity index (χ2n) is 5.31. The second-order valence-corrected chi connectivity index (χ2v) is 6.16. The third-order valence-corrected chi connectivity index (χ3v) is 4.86. The van der Waals surface area contributed by atoms with Crippen molar-refractivity contribution in [2.24, 2.45) is 5.92 Å². The Hall–Kier alpha value is -0.510. The van der Waals surface area contributed by atoms with Crippen LogP contribution < -0.4 is 0 Å². The fourth-order valence-electron chi connectivity index (χ4n) is 2.79. The highest BCUT2D eigenvalue weighted by atomic mass is 32.2. The second kappa shape index (κ2) is 7.93. The molecule has 19 heavy (non-hydrogen) atoms. The lowest BCUT2D eigenvalue weighted by molar-refractivity contribution is 0.132. The van der Waals surface area contributed by atoms with Crippen LogP contribution in [-0.4, -0.2) is 38.0 Å². The van der Waals surface area contributed by atoms with Gasteiger partial charge in [-0.05, 0) is 56.2 Å². The zero-order valence-corrected chi connectivity index (χ0v) is 12.9. The zero-order valence-electron chi connectivity index (χ0n) is 12.1. The molecule has 0 N–H and O–H groups in total. The van der Waals surface area contributed by atoms with Gasteiger partial charge in [-0.1, -0.05) is 18.2 Å². The number of ether oxygens (including phenoxy) is 1. The average molecular weight is 279 g/mol. The smallest absolute Gasteiger partial charge is 0.0464 e. The van der Waals surface area contributed by atoms with E-state index < -0.39 is 0 Å². The van der Waals surface area contributed by atoms with E-state index in [1.54, 1.807) is 7.11 Å². The third-order valence-electron chi connectivity index (χ3n) is 4.02. The van der Waals surface area contributed by atoms with E-state index in [1.807, 2.05) is 11.8 Å². The summed E-state index contributed by atoms with van der Waals surface area (Å²) in [5.74, 6) is 0.868. The number of piperidine rings is 1. The average Bonchev–Trinajstić information content (AvgIpc) is 2.47. The largest absolute Gasteiger partial charge is 0.385 e. The molecule has 0 spiro atoms. The number of likely N-dealkylation sites (tertiary alicyclic amines) is 1. The summed E-state index contributed by atoms with van der Waals surface area (Å²) in [6.07, 6.45) is 6.04. The molecule has 106 valence electrons. The molecule has 0 unspecified atom stereocenters. The maximum Gasteiger partial charge on any atom is 0.0464 e. The van der Waals surface area contributed by atoms with Crippen LogP contribution in [-0.2, 0) is 11.3 Å². The molecule has 0 bridgehead atoms. The van der Waals surface area contributed by atoms with Crippen LogP contribution in [0.1, 0.15) is 24.8 Å². The summed E-state index contributed by atoms with van der Waals surface area (Å²) in [4.78, 5) is 4.02. The van der Waals surface area contributed by atoms with Crippen LogP contribution in [0.15, 0.2) is 29.2 Å². The number of nitrogens with zero attached hydrogens (tertiary/aromatic N) is 1. The Balaban J connectivity index is 1.82. The van der Waals surface area contributed by atoms with Crippen LogP contribution in [0.25, 0.3) is 0 Å². The predicted octanol–water partition coefficient (Wildman–Crippen LogP) is 3.66. The molecule has 0 radical (unpaired) electrons. The van der Waals surface area contributed by atoms with E-state index in [4.69, 9.17) is 4.74 Å². The molecule has 2 rings (SSSR count). The van der Waals surface area contributed by atoms with Crippen molar-refractivity contribution >= 4 is 11.8 Å². The number of methoxy groups -OCH3 is 1. The lowest BCUT2D eigenvalue weighted by atomic mass is 9.93. The van der Waals surface area contributed by atoms with Gasteiger partial charge in [0, 0.05) is 25.2 Å². The third kappa shape index (κ3) is 4.51. The molecule has 1 heterocycles. The molecule has 0 amide bonds. The zero-order chi connectivity index (χ0) is 13.5. The molecule has 0 aromatic heterocycles. The molecule has 3 heteroatoms. The van der Waals surface area contributed by atoms with Crippen molar-refractivity contribution in [2.75, 3.05) is 33.1 Å². The molecule has 2 nitrogen and oxygen atoms in total. The van der Waals surface area contributed by atoms with Crippen LogP contribution in [0.3, 0.4) is 0 Å². The SMILES string of the molecule is COCCC1CCN(Cc2ccccc2SC)CC1. The van der Waals surface area contributed by atoms with Crippen LogP contribution in [0.5, 0.6) is 0 Å². The van der Waals surface area contributed by atoms with E-state index in [0.717, 1.165) is 19.1 Å². The summed E-state index contributed by atoms with van der Waals surface area (Å²) in [5.41, 5.74) is 1.48. The summed E-state index contributed by atoms with van der Waals surface area (Å²) in [6.45, 7) is 4.49. The molecule has 1 fully saturated rings. The monoisotopic (exact) mass is 279 g/mol. The molecular weight excluding hydrogens is 254 g/mol. The van der Waals surface area contributed by atoms with E-state index >= 15 is 0 Å². The Kier molecular flexibility index (Phi) is 6.21. The van der Waals surface area contributed by atoms with Gasteiger partial charge in [0.15, 0.2) is 0 Å². The first-order valence-electron chi connectivity index (χ1n) is 7.16. The van der Waals surface area contributed by atoms with Crippen molar-refractivity contribution in [3.8, 4) is 0 Å². The fraction of sp³-hybridized carbons (Fsp3) is 0.625. The van der Waals surface area contributed by atoms with Gasteiger partial charge in [-0.25, -0.2) is 0 Å². The molecule has 1 saturated heterocycles. The Morgan fingerprint density at radius 1 is 1.26 bits per heavy atom. The quantitative estimate of drug-likeness (QED) is 0.737. The van der Waals surface area contributed by atoms with Gasteiger partial charge in [-0.2, -0.15) is 0 Å². The minimum Gasteiger partial charge on any atom is -0.385 e. The lowest BCUT2D eigenvalue weighted by Crippen LogP contribution is -2.33. The molecule has 0 saturated carbocycles. The van der Waals surface area contributed by atoms with Crippen LogP contribution in [0.4, 0.5) is 0 Å². The highest BCUT2D eigenvalue weighted by Gasteiger charge is 2.19. The van der Waals surface area contributed by atoms with E-state index in [0.29, 0.717) is 0 Å². The van der Waals surface area contributed by atoms with Crippen molar-refractivity contribution in [1.29, 1.82) is 0 Å². The van der Waals surface area contributed by atoms with Gasteiger partial charge in [0.05, 0.1) is 0 Å². The van der Waals surface area contributed by atoms with E-state index in [-0.39, 0.29) is 0 Å². The standard InChI is InChI=1S/C16H25NOS/c1-18-12-9-14-7-10-17(11-8-14)13-15-5-3-4-6-16(15)19-2/h3-6,14H,7-13H2,1-2H3. The van der Waals surface area contributed by atoms with Crippen molar-refractivity contribution in [3.63, 3.8) is 0 Å². The highest BCUT2D eigenvalue weighted by Crippen LogP contribution is 2.25. The van der Waals surface area contributed by atoms with E-state index in [2.05, 4.69) is 35.4 Å². The normalized spacial score (nSPS) is 17.8. The maximum absolute atomic E-state index is 5.18. The number of rotatable bonds is 6. The highest BCUT2D eigenvalue weighted by molar-refractivity contribution is 7.98. The van der Waals surface area contributed by atoms with Crippen LogP contribution in [0.2, 0.25) is 0 Å². The van der Waals surface area contributed by atoms with Crippen molar-refractivity contribution in [3.05, 3.63) is 29.8 Å². The first kappa shape index (κ1) is 14.9.